The average molecular weight is 1950 g/mol. The fourth-order valence-electron chi connectivity index (χ4n) is 12.6. The Morgan fingerprint density at radius 1 is 0.354 bits per heavy atom. The van der Waals surface area contributed by atoms with Crippen LogP contribution in [0.5, 0.6) is 11.5 Å². The van der Waals surface area contributed by atoms with Crippen LogP contribution in [0, 0.1) is 67.0 Å². The number of hydrogen-bond donors (Lipinski definition) is 4. The zero-order chi connectivity index (χ0) is 93.9. The molecule has 0 saturated carbocycles. The van der Waals surface area contributed by atoms with Gasteiger partial charge in [0.2, 0.25) is 11.8 Å². The Bertz CT molecular complexity index is 6540. The number of fused-ring (bicyclic) bond motifs is 4. The quantitative estimate of drug-likeness (QED) is 0.0323. The van der Waals surface area contributed by atoms with Crippen LogP contribution in [0.15, 0.2) is 152 Å². The van der Waals surface area contributed by atoms with Gasteiger partial charge in [0.05, 0.1) is 97.8 Å². The maximum atomic E-state index is 14.0. The fraction of sp³-hybridized carbons (Fsp3) is 0.227. The van der Waals surface area contributed by atoms with Crippen molar-refractivity contribution >= 4 is 158 Å². The lowest BCUT2D eigenvalue weighted by atomic mass is 10.1. The first-order chi connectivity index (χ1) is 61.3. The van der Waals surface area contributed by atoms with E-state index >= 15 is 0 Å². The van der Waals surface area contributed by atoms with Gasteiger partial charge in [0.15, 0.2) is 11.2 Å². The Morgan fingerprint density at radius 3 is 0.985 bits per heavy atom. The van der Waals surface area contributed by atoms with Gasteiger partial charge in [0.1, 0.15) is 90.3 Å². The van der Waals surface area contributed by atoms with Crippen LogP contribution < -0.4 is 9.47 Å². The molecule has 20 nitrogen and oxygen atoms in total. The van der Waals surface area contributed by atoms with Crippen molar-refractivity contribution in [3.8, 4) is 53.8 Å². The van der Waals surface area contributed by atoms with E-state index in [0.29, 0.717) is 109 Å². The minimum Gasteiger partial charge on any atom is -0.486 e. The van der Waals surface area contributed by atoms with Gasteiger partial charge in [-0.2, -0.15) is 52.7 Å². The molecule has 8 aromatic carbocycles. The molecule has 0 bridgehead atoms. The van der Waals surface area contributed by atoms with Gasteiger partial charge >= 0.3 is 48.6 Å². The minimum absolute atomic E-state index is 0.120. The van der Waals surface area contributed by atoms with Gasteiger partial charge in [-0.15, -0.1) is 91.5 Å². The number of nitrogens with zero attached hydrogens (tertiary/aromatic N) is 8. The molecule has 676 valence electrons. The van der Waals surface area contributed by atoms with E-state index in [1.165, 1.54) is 128 Å². The number of aryl methyl sites for hydroxylation is 8. The van der Waals surface area contributed by atoms with E-state index in [1.54, 1.807) is 19.9 Å². The number of thioether (sulfide) groups is 2. The van der Waals surface area contributed by atoms with Gasteiger partial charge in [0, 0.05) is 43.5 Å². The summed E-state index contributed by atoms with van der Waals surface area (Å²) < 4.78 is 206. The van der Waals surface area contributed by atoms with E-state index in [-0.39, 0.29) is 61.8 Å². The maximum absolute atomic E-state index is 14.0. The van der Waals surface area contributed by atoms with Crippen molar-refractivity contribution in [2.24, 2.45) is 0 Å². The number of rotatable bonds is 24. The normalized spacial score (nSPS) is 11.9. The molecule has 0 spiro atoms. The highest BCUT2D eigenvalue weighted by atomic mass is 32.2. The number of carboxylic acids is 4. The molecule has 0 aliphatic heterocycles. The van der Waals surface area contributed by atoms with Crippen molar-refractivity contribution in [1.82, 2.24) is 39.9 Å². The summed E-state index contributed by atoms with van der Waals surface area (Å²) in [7, 11) is 0. The maximum Gasteiger partial charge on any atom is 0.419 e. The van der Waals surface area contributed by atoms with Crippen LogP contribution >= 0.6 is 91.5 Å². The molecule has 42 heteroatoms. The van der Waals surface area contributed by atoms with Gasteiger partial charge in [-0.25, -0.2) is 48.7 Å². The topological polar surface area (TPSA) is 297 Å². The highest BCUT2D eigenvalue weighted by Gasteiger charge is 2.37. The summed E-state index contributed by atoms with van der Waals surface area (Å²) >= 11 is 10.8. The Labute approximate surface area is 759 Å². The van der Waals surface area contributed by atoms with Crippen molar-refractivity contribution in [3.05, 3.63) is 254 Å². The zero-order valence-electron chi connectivity index (χ0n) is 68.5. The molecule has 0 aliphatic rings. The Kier molecular flexibility index (Phi) is 29.1. The van der Waals surface area contributed by atoms with Crippen molar-refractivity contribution in [2.45, 2.75) is 140 Å². The Hall–Kier alpha value is -11.8. The van der Waals surface area contributed by atoms with Crippen LogP contribution in [-0.2, 0) is 94.3 Å². The first-order valence-electron chi connectivity index (χ1n) is 38.2. The number of thiazole rings is 6. The van der Waals surface area contributed by atoms with E-state index in [4.69, 9.17) is 38.7 Å². The molecule has 0 aliphatic carbocycles. The molecule has 0 unspecified atom stereocenters. The number of hydrogen-bond acceptors (Lipinski definition) is 24. The van der Waals surface area contributed by atoms with Crippen LogP contribution in [-0.4, -0.2) is 84.2 Å². The van der Waals surface area contributed by atoms with Crippen LogP contribution in [0.25, 0.3) is 84.9 Å². The molecule has 0 fully saturated rings. The number of carbonyl (C=O) groups is 4. The largest absolute Gasteiger partial charge is 0.486 e. The fourth-order valence-corrected chi connectivity index (χ4v) is 21.1. The first kappa shape index (κ1) is 95.8. The molecule has 8 aromatic heterocycles. The van der Waals surface area contributed by atoms with Gasteiger partial charge < -0.3 is 38.7 Å². The van der Waals surface area contributed by atoms with Gasteiger partial charge in [0.25, 0.3) is 0 Å². The van der Waals surface area contributed by atoms with Crippen molar-refractivity contribution in [2.75, 3.05) is 0 Å². The molecule has 0 radical (unpaired) electrons. The standard InChI is InChI=1S/2C22H16F4N2O3S2.2C22H17F3N2O3S2/c1-10-3-6-15(20-19(10)28-17(31-20)8-18(29)30)32-9-16-11(2)27-21(33-16)12-4-5-13(14(23)7-12)22(24,25)26;1-10-3-6-15(20-19(10)28-17(33-20)8-18(29)30)31-9-16-11(2)27-21(32-16)12-4-5-13(14(23)7-12)22(24,25)26;1-11-3-8-15(20-19(11)27-17(30-20)9-18(28)29)31-10-16-12(2)26-21(32-16)13-4-6-14(7-5-13)22(23,24)25;1-11-3-8-15(20-19(11)27-17(32-20)9-18(28)29)30-10-16-12(2)26-21(31-16)13-4-6-14(7-5-13)22(23,24)25/h2*3-7H,8-9H2,1-2H3,(H,29,30);2*3-8H,9-10H2,1-2H3,(H,28,29). The molecule has 16 aromatic rings. The minimum atomic E-state index is -4.76. The summed E-state index contributed by atoms with van der Waals surface area (Å²) in [6.45, 7) is 15.1. The van der Waals surface area contributed by atoms with E-state index in [9.17, 15) is 80.6 Å². The van der Waals surface area contributed by atoms with E-state index in [0.717, 1.165) is 120 Å². The number of halogens is 14. The van der Waals surface area contributed by atoms with E-state index in [2.05, 4.69) is 39.9 Å². The molecule has 130 heavy (non-hydrogen) atoms. The number of oxazole rings is 2. The van der Waals surface area contributed by atoms with Crippen LogP contribution in [0.3, 0.4) is 0 Å². The van der Waals surface area contributed by atoms with Gasteiger partial charge in [-0.05, 0) is 150 Å². The number of alkyl halides is 12. The second-order valence-corrected chi connectivity index (χ2v) is 37.3. The molecular formula is C88H66F14N8O12S8. The van der Waals surface area contributed by atoms with Crippen LogP contribution in [0.4, 0.5) is 61.5 Å². The third-order valence-electron chi connectivity index (χ3n) is 19.2. The highest BCUT2D eigenvalue weighted by molar-refractivity contribution is 7.99. The lowest BCUT2D eigenvalue weighted by molar-refractivity contribution is -0.140. The molecule has 16 rings (SSSR count). The number of aromatic nitrogens is 8. The molecule has 8 heterocycles. The molecule has 0 atom stereocenters. The molecule has 0 amide bonds. The third kappa shape index (κ3) is 23.1. The summed E-state index contributed by atoms with van der Waals surface area (Å²) in [6, 6.07) is 30.3. The predicted molar refractivity (Wildman–Crippen MR) is 468 cm³/mol. The first-order valence-corrected chi connectivity index (χ1v) is 45.0. The third-order valence-corrected chi connectivity index (χ3v) is 28.6. The Morgan fingerprint density at radius 2 is 0.662 bits per heavy atom. The Balaban J connectivity index is 0.000000148. The van der Waals surface area contributed by atoms with Crippen LogP contribution in [0.1, 0.15) is 109 Å². The predicted octanol–water partition coefficient (Wildman–Crippen LogP) is 25.8. The zero-order valence-corrected chi connectivity index (χ0v) is 75.1. The summed E-state index contributed by atoms with van der Waals surface area (Å²) in [5, 5.41) is 39.1. The lowest BCUT2D eigenvalue weighted by Gasteiger charge is -2.08. The molecular weight excluding hydrogens is 1880 g/mol. The van der Waals surface area contributed by atoms with Crippen molar-refractivity contribution in [3.63, 3.8) is 0 Å². The average Bonchev–Trinajstić information content (AvgIpc) is 1.68. The van der Waals surface area contributed by atoms with E-state index < -0.39 is 82.5 Å². The van der Waals surface area contributed by atoms with Crippen molar-refractivity contribution in [1.29, 1.82) is 0 Å². The number of benzene rings is 8. The lowest BCUT2D eigenvalue weighted by Crippen LogP contribution is -2.07. The number of ether oxygens (including phenoxy) is 2. The second-order valence-electron chi connectivity index (χ2n) is 28.7. The van der Waals surface area contributed by atoms with Gasteiger partial charge in [-0.1, -0.05) is 60.7 Å². The summed E-state index contributed by atoms with van der Waals surface area (Å²) in [5.41, 5.74) is 7.85. The number of aliphatic carboxylic acids is 4. The second kappa shape index (κ2) is 39.5. The van der Waals surface area contributed by atoms with Crippen LogP contribution in [0.2, 0.25) is 0 Å². The smallest absolute Gasteiger partial charge is 0.419 e. The summed E-state index contributed by atoms with van der Waals surface area (Å²) in [5.74, 6) is -4.18. The van der Waals surface area contributed by atoms with Crippen molar-refractivity contribution < 1.29 is 119 Å². The van der Waals surface area contributed by atoms with E-state index in [1.807, 2.05) is 84.0 Å². The summed E-state index contributed by atoms with van der Waals surface area (Å²) in [4.78, 5) is 84.2. The SMILES string of the molecule is Cc1nc(-c2ccc(C(F)(F)F)c(F)c2)sc1COc1ccc(C)c2nc(CC(=O)O)sc12.Cc1nc(-c2ccc(C(F)(F)F)c(F)c2)sc1CSc1ccc(C)c2nc(CC(=O)O)oc12.Cc1nc(-c2ccc(C(F)(F)F)cc2)sc1COc1ccc(C)c2nc(CC(=O)O)sc12.Cc1nc(-c2ccc(C(F)(F)F)cc2)sc1CSc1ccc(C)c2nc(CC(=O)O)oc12. The molecule has 4 N–H and O–H groups in total. The number of carboxylic acid groups (broad SMARTS) is 4. The van der Waals surface area contributed by atoms with Gasteiger partial charge in [-0.3, -0.25) is 19.2 Å². The monoisotopic (exact) mass is 1950 g/mol. The molecule has 0 saturated heterocycles. The highest BCUT2D eigenvalue weighted by Crippen LogP contribution is 2.45. The summed E-state index contributed by atoms with van der Waals surface area (Å²) in [6.07, 6.45) is -19.2.